The highest BCUT2D eigenvalue weighted by molar-refractivity contribution is 9.10. The molecule has 0 amide bonds. The van der Waals surface area contributed by atoms with Gasteiger partial charge in [-0.25, -0.2) is 0 Å². The summed E-state index contributed by atoms with van der Waals surface area (Å²) in [5, 5.41) is 0.592. The molecule has 1 aromatic carbocycles. The maximum Gasteiger partial charge on any atom is 0.263 e. The zero-order chi connectivity index (χ0) is 12.9. The van der Waals surface area contributed by atoms with E-state index in [-0.39, 0.29) is 11.6 Å². The van der Waals surface area contributed by atoms with Crippen LogP contribution in [0.15, 0.2) is 21.4 Å². The lowest BCUT2D eigenvalue weighted by Gasteiger charge is -2.10. The quantitative estimate of drug-likeness (QED) is 0.862. The Kier molecular flexibility index (Phi) is 2.79. The van der Waals surface area contributed by atoms with Crippen LogP contribution in [0.3, 0.4) is 0 Å². The van der Waals surface area contributed by atoms with Crippen LogP contribution in [0, 0.1) is 4.77 Å². The molecule has 1 fully saturated rings. The Morgan fingerprint density at radius 3 is 2.83 bits per heavy atom. The molecule has 0 atom stereocenters. The second-order valence-corrected chi connectivity index (χ2v) is 5.58. The minimum Gasteiger partial charge on any atom is -0.495 e. The van der Waals surface area contributed by atoms with Crippen molar-refractivity contribution in [3.05, 3.63) is 31.7 Å². The average Bonchev–Trinajstić information content (AvgIpc) is 3.13. The van der Waals surface area contributed by atoms with E-state index in [1.807, 2.05) is 6.07 Å². The number of benzene rings is 1. The van der Waals surface area contributed by atoms with Crippen LogP contribution in [0.25, 0.3) is 10.9 Å². The van der Waals surface area contributed by atoms with E-state index in [1.54, 1.807) is 17.7 Å². The zero-order valence-electron chi connectivity index (χ0n) is 9.70. The Balaban J connectivity index is 2.48. The van der Waals surface area contributed by atoms with Crippen molar-refractivity contribution >= 4 is 39.1 Å². The maximum atomic E-state index is 12.5. The van der Waals surface area contributed by atoms with Crippen molar-refractivity contribution in [1.82, 2.24) is 9.55 Å². The van der Waals surface area contributed by atoms with Gasteiger partial charge in [0.05, 0.1) is 18.0 Å². The number of methoxy groups -OCH3 is 1. The Morgan fingerprint density at radius 2 is 2.22 bits per heavy atom. The number of rotatable bonds is 2. The van der Waals surface area contributed by atoms with Gasteiger partial charge in [0.25, 0.3) is 5.56 Å². The van der Waals surface area contributed by atoms with E-state index >= 15 is 0 Å². The smallest absolute Gasteiger partial charge is 0.263 e. The molecule has 4 nitrogen and oxygen atoms in total. The van der Waals surface area contributed by atoms with Crippen LogP contribution in [0.5, 0.6) is 5.75 Å². The summed E-state index contributed by atoms with van der Waals surface area (Å²) in [5.74, 6) is 0.624. The first-order valence-electron chi connectivity index (χ1n) is 5.64. The van der Waals surface area contributed by atoms with Gasteiger partial charge in [-0.1, -0.05) is 0 Å². The lowest BCUT2D eigenvalue weighted by molar-refractivity contribution is 0.418. The molecule has 0 bridgehead atoms. The highest BCUT2D eigenvalue weighted by Crippen LogP contribution is 2.35. The van der Waals surface area contributed by atoms with E-state index in [0.29, 0.717) is 21.4 Å². The number of nitrogens with zero attached hydrogens (tertiary/aromatic N) is 1. The predicted molar refractivity (Wildman–Crippen MR) is 75.9 cm³/mol. The van der Waals surface area contributed by atoms with E-state index < -0.39 is 0 Å². The van der Waals surface area contributed by atoms with Crippen LogP contribution in [0.2, 0.25) is 0 Å². The summed E-state index contributed by atoms with van der Waals surface area (Å²) in [6, 6.07) is 3.87. The molecule has 1 aliphatic carbocycles. The van der Waals surface area contributed by atoms with Crippen molar-refractivity contribution in [2.24, 2.45) is 0 Å². The molecule has 1 aliphatic rings. The summed E-state index contributed by atoms with van der Waals surface area (Å²) >= 11 is 8.69. The topological polar surface area (TPSA) is 47.0 Å². The monoisotopic (exact) mass is 326 g/mol. The Morgan fingerprint density at radius 1 is 1.50 bits per heavy atom. The van der Waals surface area contributed by atoms with Gasteiger partial charge in [0.15, 0.2) is 4.77 Å². The Labute approximate surface area is 117 Å². The summed E-state index contributed by atoms with van der Waals surface area (Å²) in [5.41, 5.74) is 0.598. The summed E-state index contributed by atoms with van der Waals surface area (Å²) in [7, 11) is 1.58. The molecule has 1 saturated carbocycles. The summed E-state index contributed by atoms with van der Waals surface area (Å²) < 4.78 is 8.15. The van der Waals surface area contributed by atoms with E-state index in [1.165, 1.54) is 0 Å². The van der Waals surface area contributed by atoms with Crippen LogP contribution in [-0.2, 0) is 0 Å². The van der Waals surface area contributed by atoms with Gasteiger partial charge < -0.3 is 9.72 Å². The SMILES string of the molecule is COc1ccc(Br)c2c(=O)n(C3CC3)c(=S)[nH]c12. The first kappa shape index (κ1) is 11.9. The fraction of sp³-hybridized carbons (Fsp3) is 0.333. The normalized spacial score (nSPS) is 15.0. The number of aromatic amines is 1. The molecule has 0 unspecified atom stereocenters. The third-order valence-corrected chi connectivity index (χ3v) is 4.09. The zero-order valence-corrected chi connectivity index (χ0v) is 12.1. The maximum absolute atomic E-state index is 12.5. The Bertz CT molecular complexity index is 746. The van der Waals surface area contributed by atoms with Gasteiger partial charge in [-0.3, -0.25) is 9.36 Å². The van der Waals surface area contributed by atoms with Crippen molar-refractivity contribution in [2.45, 2.75) is 18.9 Å². The number of ether oxygens (including phenoxy) is 1. The van der Waals surface area contributed by atoms with Crippen LogP contribution in [0.4, 0.5) is 0 Å². The average molecular weight is 327 g/mol. The van der Waals surface area contributed by atoms with Gasteiger partial charge >= 0.3 is 0 Å². The standard InChI is InChI=1S/C12H11BrN2O2S/c1-17-8-5-4-7(13)9-10(8)14-12(18)15(11(9)16)6-2-3-6/h4-6H,2-3H2,1H3,(H,14,18). The number of aromatic nitrogens is 2. The highest BCUT2D eigenvalue weighted by atomic mass is 79.9. The second-order valence-electron chi connectivity index (χ2n) is 4.34. The van der Waals surface area contributed by atoms with Crippen molar-refractivity contribution in [3.63, 3.8) is 0 Å². The highest BCUT2D eigenvalue weighted by Gasteiger charge is 2.27. The number of hydrogen-bond acceptors (Lipinski definition) is 3. The number of fused-ring (bicyclic) bond motifs is 1. The van der Waals surface area contributed by atoms with Crippen LogP contribution in [-0.4, -0.2) is 16.7 Å². The lowest BCUT2D eigenvalue weighted by Crippen LogP contribution is -2.21. The molecule has 2 aromatic rings. The molecule has 0 saturated heterocycles. The van der Waals surface area contributed by atoms with Gasteiger partial charge in [-0.15, -0.1) is 0 Å². The van der Waals surface area contributed by atoms with Crippen molar-refractivity contribution < 1.29 is 4.74 Å². The molecule has 6 heteroatoms. The molecule has 0 radical (unpaired) electrons. The fourth-order valence-electron chi connectivity index (χ4n) is 2.11. The first-order valence-corrected chi connectivity index (χ1v) is 6.84. The minimum atomic E-state index is -0.0537. The van der Waals surface area contributed by atoms with Crippen molar-refractivity contribution in [3.8, 4) is 5.75 Å². The largest absolute Gasteiger partial charge is 0.495 e. The van der Waals surface area contributed by atoms with Crippen LogP contribution >= 0.6 is 28.1 Å². The second kappa shape index (κ2) is 4.20. The molecule has 1 aromatic heterocycles. The summed E-state index contributed by atoms with van der Waals surface area (Å²) in [4.78, 5) is 15.6. The van der Waals surface area contributed by atoms with E-state index in [4.69, 9.17) is 17.0 Å². The van der Waals surface area contributed by atoms with Crippen LogP contribution < -0.4 is 10.3 Å². The third kappa shape index (κ3) is 1.71. The van der Waals surface area contributed by atoms with Gasteiger partial charge in [-0.2, -0.15) is 0 Å². The number of halogens is 1. The van der Waals surface area contributed by atoms with Gasteiger partial charge in [-0.05, 0) is 53.1 Å². The van der Waals surface area contributed by atoms with E-state index in [2.05, 4.69) is 20.9 Å². The molecular formula is C12H11BrN2O2S. The van der Waals surface area contributed by atoms with Crippen molar-refractivity contribution in [2.75, 3.05) is 7.11 Å². The third-order valence-electron chi connectivity index (χ3n) is 3.13. The summed E-state index contributed by atoms with van der Waals surface area (Å²) in [6.07, 6.45) is 2.04. The van der Waals surface area contributed by atoms with Gasteiger partial charge in [0, 0.05) is 10.5 Å². The molecular weight excluding hydrogens is 316 g/mol. The molecule has 94 valence electrons. The fourth-order valence-corrected chi connectivity index (χ4v) is 2.94. The van der Waals surface area contributed by atoms with Crippen molar-refractivity contribution in [1.29, 1.82) is 0 Å². The molecule has 1 N–H and O–H groups in total. The number of hydrogen-bond donors (Lipinski definition) is 1. The van der Waals surface area contributed by atoms with Crippen LogP contribution in [0.1, 0.15) is 18.9 Å². The molecule has 3 rings (SSSR count). The van der Waals surface area contributed by atoms with E-state index in [9.17, 15) is 4.79 Å². The number of nitrogens with one attached hydrogen (secondary N) is 1. The predicted octanol–water partition coefficient (Wildman–Crippen LogP) is 3.17. The van der Waals surface area contributed by atoms with Gasteiger partial charge in [0.1, 0.15) is 5.75 Å². The van der Waals surface area contributed by atoms with E-state index in [0.717, 1.165) is 17.3 Å². The Hall–Kier alpha value is -1.14. The summed E-state index contributed by atoms with van der Waals surface area (Å²) in [6.45, 7) is 0. The molecule has 0 aliphatic heterocycles. The number of H-pyrrole nitrogens is 1. The molecule has 0 spiro atoms. The van der Waals surface area contributed by atoms with Gasteiger partial charge in [0.2, 0.25) is 0 Å². The molecule has 18 heavy (non-hydrogen) atoms. The minimum absolute atomic E-state index is 0.0537. The first-order chi connectivity index (χ1) is 8.63. The lowest BCUT2D eigenvalue weighted by atomic mass is 10.2. The molecule has 1 heterocycles.